The van der Waals surface area contributed by atoms with E-state index in [0.717, 1.165) is 41.8 Å². The lowest BCUT2D eigenvalue weighted by atomic mass is 9.90. The van der Waals surface area contributed by atoms with Crippen LogP contribution in [0.2, 0.25) is 9.36 Å². The minimum absolute atomic E-state index is 0.00698. The third-order valence-corrected chi connectivity index (χ3v) is 6.93. The van der Waals surface area contributed by atoms with Gasteiger partial charge in [-0.25, -0.2) is 14.8 Å². The van der Waals surface area contributed by atoms with E-state index in [4.69, 9.17) is 23.2 Å². The molecule has 2 amide bonds. The van der Waals surface area contributed by atoms with E-state index in [1.54, 1.807) is 35.6 Å². The maximum Gasteiger partial charge on any atom is 0.319 e. The van der Waals surface area contributed by atoms with Crippen LogP contribution < -0.4 is 10.6 Å². The first-order valence-electron chi connectivity index (χ1n) is 10.0. The van der Waals surface area contributed by atoms with Crippen molar-refractivity contribution in [3.8, 4) is 0 Å². The molecule has 162 valence electrons. The Morgan fingerprint density at radius 2 is 1.90 bits per heavy atom. The molecular weight excluding hydrogens is 453 g/mol. The minimum atomic E-state index is -0.222. The monoisotopic (exact) mass is 475 g/mol. The Labute approximate surface area is 195 Å². The number of aromatic nitrogens is 2. The van der Waals surface area contributed by atoms with E-state index in [0.29, 0.717) is 10.7 Å². The Hall–Kier alpha value is -2.19. The zero-order valence-corrected chi connectivity index (χ0v) is 19.3. The predicted molar refractivity (Wildman–Crippen MR) is 126 cm³/mol. The van der Waals surface area contributed by atoms with E-state index in [2.05, 4.69) is 31.6 Å². The first-order chi connectivity index (χ1) is 15.0. The van der Waals surface area contributed by atoms with Gasteiger partial charge in [-0.2, -0.15) is 0 Å². The number of rotatable bonds is 5. The second-order valence-electron chi connectivity index (χ2n) is 7.62. The van der Waals surface area contributed by atoms with Crippen molar-refractivity contribution < 1.29 is 4.79 Å². The lowest BCUT2D eigenvalue weighted by Gasteiger charge is -2.38. The van der Waals surface area contributed by atoms with Gasteiger partial charge in [0.05, 0.1) is 4.34 Å². The normalized spacial score (nSPS) is 19.2. The van der Waals surface area contributed by atoms with Gasteiger partial charge in [-0.3, -0.25) is 4.90 Å². The molecule has 0 spiro atoms. The second kappa shape index (κ2) is 9.96. The highest BCUT2D eigenvalue weighted by Gasteiger charge is 2.32. The lowest BCUT2D eigenvalue weighted by Crippen LogP contribution is -2.50. The van der Waals surface area contributed by atoms with Gasteiger partial charge < -0.3 is 10.6 Å². The summed E-state index contributed by atoms with van der Waals surface area (Å²) < 4.78 is 0.753. The molecule has 6 nitrogen and oxygen atoms in total. The van der Waals surface area contributed by atoms with Crippen molar-refractivity contribution in [2.75, 3.05) is 18.4 Å². The first-order valence-corrected chi connectivity index (χ1v) is 11.6. The summed E-state index contributed by atoms with van der Waals surface area (Å²) >= 11 is 13.7. The number of benzene rings is 1. The van der Waals surface area contributed by atoms with Crippen LogP contribution in [-0.4, -0.2) is 40.0 Å². The highest BCUT2D eigenvalue weighted by molar-refractivity contribution is 7.16. The Morgan fingerprint density at radius 3 is 2.58 bits per heavy atom. The number of hydrogen-bond acceptors (Lipinski definition) is 5. The number of amides is 2. The van der Waals surface area contributed by atoms with E-state index in [1.165, 1.54) is 4.88 Å². The van der Waals surface area contributed by atoms with Crippen LogP contribution in [0.4, 0.5) is 10.5 Å². The van der Waals surface area contributed by atoms with Crippen molar-refractivity contribution in [2.45, 2.75) is 31.8 Å². The summed E-state index contributed by atoms with van der Waals surface area (Å²) in [4.78, 5) is 24.8. The van der Waals surface area contributed by atoms with Gasteiger partial charge in [0.1, 0.15) is 5.82 Å². The number of piperidine rings is 1. The van der Waals surface area contributed by atoms with Crippen molar-refractivity contribution in [2.24, 2.45) is 0 Å². The van der Waals surface area contributed by atoms with Gasteiger partial charge >= 0.3 is 6.03 Å². The van der Waals surface area contributed by atoms with E-state index < -0.39 is 0 Å². The fraction of sp³-hybridized carbons (Fsp3) is 0.318. The molecule has 4 rings (SSSR count). The molecule has 3 heterocycles. The molecule has 1 aliphatic heterocycles. The van der Waals surface area contributed by atoms with Gasteiger partial charge in [-0.15, -0.1) is 11.3 Å². The SMILES string of the molecule is Cc1ncc(CN2CC[C@@H](NC(=O)Nc3ccc(Cl)cc3)[C@H](c3ccc(Cl)s3)C2)cn1. The molecule has 3 aromatic rings. The molecule has 0 unspecified atom stereocenters. The second-order valence-corrected chi connectivity index (χ2v) is 9.81. The molecule has 0 aliphatic carbocycles. The average molecular weight is 476 g/mol. The molecule has 1 fully saturated rings. The molecule has 0 radical (unpaired) electrons. The Morgan fingerprint density at radius 1 is 1.16 bits per heavy atom. The number of carbonyl (C=O) groups is 1. The van der Waals surface area contributed by atoms with Crippen LogP contribution >= 0.6 is 34.5 Å². The number of urea groups is 1. The van der Waals surface area contributed by atoms with Crippen molar-refractivity contribution in [3.05, 3.63) is 74.4 Å². The fourth-order valence-electron chi connectivity index (χ4n) is 3.78. The molecule has 2 atom stereocenters. The summed E-state index contributed by atoms with van der Waals surface area (Å²) in [6.45, 7) is 4.35. The highest BCUT2D eigenvalue weighted by Crippen LogP contribution is 2.34. The molecule has 31 heavy (non-hydrogen) atoms. The summed E-state index contributed by atoms with van der Waals surface area (Å²) in [5, 5.41) is 6.68. The summed E-state index contributed by atoms with van der Waals surface area (Å²) in [6.07, 6.45) is 4.59. The van der Waals surface area contributed by atoms with Gasteiger partial charge in [0.2, 0.25) is 0 Å². The summed E-state index contributed by atoms with van der Waals surface area (Å²) in [5.41, 5.74) is 1.79. The molecule has 0 bridgehead atoms. The number of nitrogens with zero attached hydrogens (tertiary/aromatic N) is 3. The number of carbonyl (C=O) groups excluding carboxylic acids is 1. The molecule has 0 saturated carbocycles. The van der Waals surface area contributed by atoms with E-state index in [-0.39, 0.29) is 18.0 Å². The van der Waals surface area contributed by atoms with E-state index in [1.807, 2.05) is 25.4 Å². The zero-order chi connectivity index (χ0) is 21.8. The molecule has 2 aromatic heterocycles. The van der Waals surface area contributed by atoms with Gasteiger partial charge in [-0.1, -0.05) is 23.2 Å². The third-order valence-electron chi connectivity index (χ3n) is 5.32. The summed E-state index contributed by atoms with van der Waals surface area (Å²) in [7, 11) is 0. The van der Waals surface area contributed by atoms with Crippen LogP contribution in [0.1, 0.15) is 28.6 Å². The Kier molecular flexibility index (Phi) is 7.07. The number of halogens is 2. The van der Waals surface area contributed by atoms with Crippen molar-refractivity contribution in [3.63, 3.8) is 0 Å². The van der Waals surface area contributed by atoms with Crippen molar-refractivity contribution in [1.82, 2.24) is 20.2 Å². The summed E-state index contributed by atoms with van der Waals surface area (Å²) in [5.74, 6) is 0.915. The van der Waals surface area contributed by atoms with Gasteiger partial charge in [0, 0.05) is 65.1 Å². The smallest absolute Gasteiger partial charge is 0.319 e. The zero-order valence-electron chi connectivity index (χ0n) is 17.0. The van der Waals surface area contributed by atoms with Crippen LogP contribution in [0, 0.1) is 6.92 Å². The molecule has 9 heteroatoms. The largest absolute Gasteiger partial charge is 0.334 e. The number of hydrogen-bond donors (Lipinski definition) is 2. The number of anilines is 1. The van der Waals surface area contributed by atoms with Crippen LogP contribution in [0.3, 0.4) is 0 Å². The van der Waals surface area contributed by atoms with Crippen molar-refractivity contribution in [1.29, 1.82) is 0 Å². The predicted octanol–water partition coefficient (Wildman–Crippen LogP) is 5.33. The minimum Gasteiger partial charge on any atom is -0.334 e. The quantitative estimate of drug-likeness (QED) is 0.522. The lowest BCUT2D eigenvalue weighted by molar-refractivity contribution is 0.169. The molecule has 1 saturated heterocycles. The number of nitrogens with one attached hydrogen (secondary N) is 2. The number of aryl methyl sites for hydroxylation is 1. The summed E-state index contributed by atoms with van der Waals surface area (Å²) in [6, 6.07) is 10.8. The average Bonchev–Trinajstić information content (AvgIpc) is 3.18. The van der Waals surface area contributed by atoms with Crippen LogP contribution in [0.15, 0.2) is 48.8 Å². The van der Waals surface area contributed by atoms with Crippen LogP contribution in [0.25, 0.3) is 0 Å². The molecule has 1 aromatic carbocycles. The highest BCUT2D eigenvalue weighted by atomic mass is 35.5. The van der Waals surface area contributed by atoms with Crippen LogP contribution in [-0.2, 0) is 6.54 Å². The maximum atomic E-state index is 12.6. The Balaban J connectivity index is 1.44. The third kappa shape index (κ3) is 5.95. The van der Waals surface area contributed by atoms with E-state index >= 15 is 0 Å². The van der Waals surface area contributed by atoms with Gasteiger partial charge in [0.15, 0.2) is 0 Å². The topological polar surface area (TPSA) is 70.2 Å². The first kappa shape index (κ1) is 22.0. The van der Waals surface area contributed by atoms with Gasteiger partial charge in [-0.05, 0) is 49.7 Å². The fourth-order valence-corrected chi connectivity index (χ4v) is 5.12. The number of likely N-dealkylation sites (tertiary alicyclic amines) is 1. The van der Waals surface area contributed by atoms with E-state index in [9.17, 15) is 4.79 Å². The van der Waals surface area contributed by atoms with Crippen molar-refractivity contribution >= 4 is 46.3 Å². The standard InChI is InChI=1S/C22H23Cl2N5OS/c1-14-25-10-15(11-26-14)12-29-9-8-19(18(13-29)20-6-7-21(24)31-20)28-22(30)27-17-4-2-16(23)3-5-17/h2-7,10-11,18-19H,8-9,12-13H2,1H3,(H2,27,28,30)/t18-,19-/m1/s1. The molecular formula is C22H23Cl2N5OS. The van der Waals surface area contributed by atoms with Gasteiger partial charge in [0.25, 0.3) is 0 Å². The number of thiophene rings is 1. The van der Waals surface area contributed by atoms with Crippen LogP contribution in [0.5, 0.6) is 0 Å². The maximum absolute atomic E-state index is 12.6. The molecule has 2 N–H and O–H groups in total. The Bertz CT molecular complexity index is 1030. The molecule has 1 aliphatic rings.